The van der Waals surface area contributed by atoms with E-state index in [2.05, 4.69) is 27.9 Å². The van der Waals surface area contributed by atoms with Gasteiger partial charge in [-0.25, -0.2) is 0 Å². The fourth-order valence-corrected chi connectivity index (χ4v) is 3.00. The third-order valence-corrected chi connectivity index (χ3v) is 4.56. The lowest BCUT2D eigenvalue weighted by Gasteiger charge is -2.12. The van der Waals surface area contributed by atoms with E-state index in [1.54, 1.807) is 7.05 Å². The molecule has 1 unspecified atom stereocenters. The Hall–Kier alpha value is -2.12. The van der Waals surface area contributed by atoms with Gasteiger partial charge < -0.3 is 25.4 Å². The Labute approximate surface area is 168 Å². The number of nitrogens with one attached hydrogen (secondary N) is 3. The number of carbonyl (C=O) groups is 1. The quantitative estimate of drug-likeness (QED) is 0.304. The fourth-order valence-electron chi connectivity index (χ4n) is 3.00. The first kappa shape index (κ1) is 22.2. The Balaban J connectivity index is 1.66. The molecule has 0 aromatic heterocycles. The monoisotopic (exact) mass is 390 g/mol. The molecule has 1 aliphatic rings. The van der Waals surface area contributed by atoms with E-state index in [9.17, 15) is 4.79 Å². The van der Waals surface area contributed by atoms with Crippen molar-refractivity contribution >= 4 is 11.9 Å². The SMILES string of the molecule is CCNC(=NCCCOCC1CCOC1)NCCc1cccc(C(=O)NC)c1. The average molecular weight is 391 g/mol. The first-order valence-corrected chi connectivity index (χ1v) is 10.2. The van der Waals surface area contributed by atoms with Crippen molar-refractivity contribution in [2.75, 3.05) is 53.1 Å². The molecule has 0 aliphatic carbocycles. The van der Waals surface area contributed by atoms with Crippen molar-refractivity contribution in [3.8, 4) is 0 Å². The lowest BCUT2D eigenvalue weighted by atomic mass is 10.1. The van der Waals surface area contributed by atoms with Crippen LogP contribution in [0.3, 0.4) is 0 Å². The van der Waals surface area contributed by atoms with Crippen LogP contribution < -0.4 is 16.0 Å². The molecular weight excluding hydrogens is 356 g/mol. The highest BCUT2D eigenvalue weighted by atomic mass is 16.5. The smallest absolute Gasteiger partial charge is 0.251 e. The Morgan fingerprint density at radius 2 is 2.25 bits per heavy atom. The van der Waals surface area contributed by atoms with Crippen LogP contribution in [-0.2, 0) is 15.9 Å². The number of benzene rings is 1. The number of guanidine groups is 1. The van der Waals surface area contributed by atoms with Crippen LogP contribution in [0, 0.1) is 5.92 Å². The van der Waals surface area contributed by atoms with Crippen LogP contribution in [0.1, 0.15) is 35.7 Å². The van der Waals surface area contributed by atoms with Gasteiger partial charge in [-0.2, -0.15) is 0 Å². The van der Waals surface area contributed by atoms with Gasteiger partial charge in [-0.05, 0) is 43.9 Å². The lowest BCUT2D eigenvalue weighted by Crippen LogP contribution is -2.38. The number of hydrogen-bond acceptors (Lipinski definition) is 4. The summed E-state index contributed by atoms with van der Waals surface area (Å²) in [6, 6.07) is 7.70. The van der Waals surface area contributed by atoms with Crippen LogP contribution in [0.15, 0.2) is 29.3 Å². The first-order valence-electron chi connectivity index (χ1n) is 10.2. The molecule has 7 nitrogen and oxygen atoms in total. The summed E-state index contributed by atoms with van der Waals surface area (Å²) in [5, 5.41) is 9.26. The molecule has 7 heteroatoms. The maximum atomic E-state index is 11.7. The predicted molar refractivity (Wildman–Crippen MR) is 112 cm³/mol. The third-order valence-electron chi connectivity index (χ3n) is 4.56. The third kappa shape index (κ3) is 8.27. The molecule has 1 amide bonds. The Bertz CT molecular complexity index is 615. The minimum atomic E-state index is -0.0626. The van der Waals surface area contributed by atoms with Crippen LogP contribution in [0.25, 0.3) is 0 Å². The van der Waals surface area contributed by atoms with Crippen molar-refractivity contribution in [3.63, 3.8) is 0 Å². The van der Waals surface area contributed by atoms with E-state index in [0.29, 0.717) is 11.5 Å². The highest BCUT2D eigenvalue weighted by molar-refractivity contribution is 5.94. The number of nitrogens with zero attached hydrogens (tertiary/aromatic N) is 1. The molecule has 156 valence electrons. The molecule has 1 heterocycles. The second-order valence-corrected chi connectivity index (χ2v) is 6.88. The minimum Gasteiger partial charge on any atom is -0.381 e. The van der Waals surface area contributed by atoms with E-state index in [1.165, 1.54) is 0 Å². The second kappa shape index (κ2) is 13.1. The largest absolute Gasteiger partial charge is 0.381 e. The topological polar surface area (TPSA) is 84.0 Å². The normalized spacial score (nSPS) is 16.8. The highest BCUT2D eigenvalue weighted by Gasteiger charge is 2.15. The van der Waals surface area contributed by atoms with Gasteiger partial charge in [-0.15, -0.1) is 0 Å². The van der Waals surface area contributed by atoms with Crippen molar-refractivity contribution < 1.29 is 14.3 Å². The van der Waals surface area contributed by atoms with Gasteiger partial charge in [0.25, 0.3) is 5.91 Å². The predicted octanol–water partition coefficient (Wildman–Crippen LogP) is 1.59. The lowest BCUT2D eigenvalue weighted by molar-refractivity contribution is 0.0893. The van der Waals surface area contributed by atoms with Gasteiger partial charge >= 0.3 is 0 Å². The summed E-state index contributed by atoms with van der Waals surface area (Å²) in [6.07, 6.45) is 2.83. The number of amides is 1. The summed E-state index contributed by atoms with van der Waals surface area (Å²) in [7, 11) is 1.64. The maximum Gasteiger partial charge on any atom is 0.251 e. The zero-order chi connectivity index (χ0) is 20.0. The second-order valence-electron chi connectivity index (χ2n) is 6.88. The fraction of sp³-hybridized carbons (Fsp3) is 0.619. The number of aliphatic imine (C=N–C) groups is 1. The number of rotatable bonds is 11. The van der Waals surface area contributed by atoms with Crippen molar-refractivity contribution in [2.45, 2.75) is 26.2 Å². The molecule has 0 saturated carbocycles. The van der Waals surface area contributed by atoms with Crippen LogP contribution in [0.4, 0.5) is 0 Å². The van der Waals surface area contributed by atoms with Crippen LogP contribution in [0.2, 0.25) is 0 Å². The molecule has 1 fully saturated rings. The molecule has 3 N–H and O–H groups in total. The van der Waals surface area contributed by atoms with Crippen molar-refractivity contribution in [2.24, 2.45) is 10.9 Å². The van der Waals surface area contributed by atoms with Crippen LogP contribution in [0.5, 0.6) is 0 Å². The molecule has 1 aromatic carbocycles. The Morgan fingerprint density at radius 1 is 1.36 bits per heavy atom. The zero-order valence-corrected chi connectivity index (χ0v) is 17.1. The van der Waals surface area contributed by atoms with Gasteiger partial charge in [0.2, 0.25) is 0 Å². The molecule has 1 saturated heterocycles. The van der Waals surface area contributed by atoms with Crippen molar-refractivity contribution in [1.82, 2.24) is 16.0 Å². The van der Waals surface area contributed by atoms with Gasteiger partial charge in [0.1, 0.15) is 0 Å². The molecule has 0 bridgehead atoms. The van der Waals surface area contributed by atoms with E-state index in [4.69, 9.17) is 9.47 Å². The first-order chi connectivity index (χ1) is 13.7. The molecular formula is C21H34N4O3. The highest BCUT2D eigenvalue weighted by Crippen LogP contribution is 2.12. The number of hydrogen-bond donors (Lipinski definition) is 3. The maximum absolute atomic E-state index is 11.7. The van der Waals surface area contributed by atoms with E-state index in [1.807, 2.05) is 24.3 Å². The van der Waals surface area contributed by atoms with Crippen molar-refractivity contribution in [3.05, 3.63) is 35.4 Å². The standard InChI is InChI=1S/C21H34N4O3/c1-3-23-21(24-10-5-12-27-15-18-9-13-28-16-18)25-11-8-17-6-4-7-19(14-17)20(26)22-2/h4,6-7,14,18H,3,5,8-13,15-16H2,1-2H3,(H,22,26)(H2,23,24,25). The number of carbonyl (C=O) groups excluding carboxylic acids is 1. The van der Waals surface area contributed by atoms with E-state index >= 15 is 0 Å². The van der Waals surface area contributed by atoms with Gasteiger partial charge in [0, 0.05) is 51.4 Å². The molecule has 28 heavy (non-hydrogen) atoms. The number of ether oxygens (including phenoxy) is 2. The Morgan fingerprint density at radius 3 is 3.00 bits per heavy atom. The molecule has 1 aromatic rings. The van der Waals surface area contributed by atoms with E-state index in [-0.39, 0.29) is 5.91 Å². The van der Waals surface area contributed by atoms with Gasteiger partial charge in [-0.3, -0.25) is 9.79 Å². The molecule has 0 radical (unpaired) electrons. The van der Waals surface area contributed by atoms with E-state index in [0.717, 1.165) is 76.8 Å². The minimum absolute atomic E-state index is 0.0626. The van der Waals surface area contributed by atoms with Crippen LogP contribution >= 0.6 is 0 Å². The van der Waals surface area contributed by atoms with Crippen molar-refractivity contribution in [1.29, 1.82) is 0 Å². The summed E-state index contributed by atoms with van der Waals surface area (Å²) >= 11 is 0. The molecule has 1 aliphatic heterocycles. The van der Waals surface area contributed by atoms with Crippen LogP contribution in [-0.4, -0.2) is 65.0 Å². The summed E-state index contributed by atoms with van der Waals surface area (Å²) in [4.78, 5) is 16.3. The summed E-state index contributed by atoms with van der Waals surface area (Å²) in [5.41, 5.74) is 1.80. The van der Waals surface area contributed by atoms with Gasteiger partial charge in [0.15, 0.2) is 5.96 Å². The zero-order valence-electron chi connectivity index (χ0n) is 17.1. The van der Waals surface area contributed by atoms with Gasteiger partial charge in [0.05, 0.1) is 13.2 Å². The Kier molecular flexibility index (Phi) is 10.4. The van der Waals surface area contributed by atoms with Gasteiger partial charge in [-0.1, -0.05) is 12.1 Å². The summed E-state index contributed by atoms with van der Waals surface area (Å²) in [5.74, 6) is 1.31. The summed E-state index contributed by atoms with van der Waals surface area (Å²) in [6.45, 7) is 7.56. The average Bonchev–Trinajstić information content (AvgIpc) is 3.23. The van der Waals surface area contributed by atoms with E-state index < -0.39 is 0 Å². The molecule has 1 atom stereocenters. The summed E-state index contributed by atoms with van der Waals surface area (Å²) < 4.78 is 11.1. The molecule has 0 spiro atoms. The molecule has 2 rings (SSSR count).